The highest BCUT2D eigenvalue weighted by molar-refractivity contribution is 5.12. The molecule has 11 heavy (non-hydrogen) atoms. The van der Waals surface area contributed by atoms with E-state index in [0.29, 0.717) is 5.92 Å². The molecule has 0 heterocycles. The third-order valence-corrected chi connectivity index (χ3v) is 1.25. The van der Waals surface area contributed by atoms with Crippen LogP contribution in [0.2, 0.25) is 0 Å². The number of hydrogen-bond acceptors (Lipinski definition) is 1. The first-order chi connectivity index (χ1) is 5.16. The lowest BCUT2D eigenvalue weighted by atomic mass is 10.2. The van der Waals surface area contributed by atoms with E-state index in [9.17, 15) is 0 Å². The van der Waals surface area contributed by atoms with Gasteiger partial charge in [-0.1, -0.05) is 38.7 Å². The molecule has 0 aliphatic heterocycles. The highest BCUT2D eigenvalue weighted by Gasteiger charge is 1.82. The van der Waals surface area contributed by atoms with Crippen LogP contribution in [-0.4, -0.2) is 0 Å². The molecule has 0 atom stereocenters. The van der Waals surface area contributed by atoms with Gasteiger partial charge in [-0.15, -0.1) is 0 Å². The Balaban J connectivity index is 3.63. The molecular formula is C10H17N. The van der Waals surface area contributed by atoms with Crippen molar-refractivity contribution in [3.63, 3.8) is 0 Å². The van der Waals surface area contributed by atoms with E-state index in [0.717, 1.165) is 12.1 Å². The van der Waals surface area contributed by atoms with Gasteiger partial charge in [0.05, 0.1) is 0 Å². The van der Waals surface area contributed by atoms with Gasteiger partial charge in [-0.25, -0.2) is 0 Å². The molecule has 0 aliphatic carbocycles. The van der Waals surface area contributed by atoms with Gasteiger partial charge in [-0.3, -0.25) is 0 Å². The van der Waals surface area contributed by atoms with Crippen molar-refractivity contribution in [1.82, 2.24) is 0 Å². The average molecular weight is 151 g/mol. The Hall–Kier alpha value is -0.980. The normalized spacial score (nSPS) is 12.8. The predicted octanol–water partition coefficient (Wildman–Crippen LogP) is 2.62. The molecule has 62 valence electrons. The minimum absolute atomic E-state index is 0.619. The molecule has 1 heteroatoms. The van der Waals surface area contributed by atoms with Crippen molar-refractivity contribution in [2.24, 2.45) is 11.7 Å². The number of nitrogens with two attached hydrogens (primary N) is 1. The first-order valence-electron chi connectivity index (χ1n) is 3.91. The summed E-state index contributed by atoms with van der Waals surface area (Å²) in [4.78, 5) is 0. The molecule has 0 bridgehead atoms. The van der Waals surface area contributed by atoms with Gasteiger partial charge in [0.15, 0.2) is 0 Å². The van der Waals surface area contributed by atoms with Gasteiger partial charge in [0.25, 0.3) is 0 Å². The zero-order chi connectivity index (χ0) is 8.69. The van der Waals surface area contributed by atoms with E-state index in [1.54, 1.807) is 6.08 Å². The Morgan fingerprint density at radius 3 is 2.64 bits per heavy atom. The van der Waals surface area contributed by atoms with Gasteiger partial charge in [0.2, 0.25) is 0 Å². The van der Waals surface area contributed by atoms with Gasteiger partial charge < -0.3 is 5.73 Å². The summed E-state index contributed by atoms with van der Waals surface area (Å²) in [6.45, 7) is 7.86. The monoisotopic (exact) mass is 151 g/mol. The zero-order valence-electron chi connectivity index (χ0n) is 7.38. The summed E-state index contributed by atoms with van der Waals surface area (Å²) in [6, 6.07) is 0. The molecule has 0 rings (SSSR count). The maximum absolute atomic E-state index is 5.50. The van der Waals surface area contributed by atoms with Gasteiger partial charge in [-0.2, -0.15) is 0 Å². The second-order valence-electron chi connectivity index (χ2n) is 2.82. The van der Waals surface area contributed by atoms with Gasteiger partial charge >= 0.3 is 0 Å². The smallest absolute Gasteiger partial charge is 0.0270 e. The second-order valence-corrected chi connectivity index (χ2v) is 2.82. The summed E-state index contributed by atoms with van der Waals surface area (Å²) < 4.78 is 0. The first kappa shape index (κ1) is 10.0. The Morgan fingerprint density at radius 2 is 2.18 bits per heavy atom. The second kappa shape index (κ2) is 5.78. The Kier molecular flexibility index (Phi) is 5.26. The largest absolute Gasteiger partial charge is 0.399 e. The minimum Gasteiger partial charge on any atom is -0.399 e. The van der Waals surface area contributed by atoms with Crippen LogP contribution in [0.25, 0.3) is 0 Å². The van der Waals surface area contributed by atoms with Crippen molar-refractivity contribution in [2.75, 3.05) is 0 Å². The molecule has 0 aromatic carbocycles. The summed E-state index contributed by atoms with van der Waals surface area (Å²) in [7, 11) is 0. The maximum atomic E-state index is 5.50. The molecule has 0 unspecified atom stereocenters. The molecule has 1 nitrogen and oxygen atoms in total. The molecule has 2 N–H and O–H groups in total. The zero-order valence-corrected chi connectivity index (χ0v) is 7.38. The van der Waals surface area contributed by atoms with E-state index < -0.39 is 0 Å². The van der Waals surface area contributed by atoms with Crippen molar-refractivity contribution in [1.29, 1.82) is 0 Å². The minimum atomic E-state index is 0.619. The van der Waals surface area contributed by atoms with Crippen LogP contribution in [0.3, 0.4) is 0 Å². The van der Waals surface area contributed by atoms with Crippen LogP contribution < -0.4 is 5.73 Å². The molecule has 0 aromatic rings. The van der Waals surface area contributed by atoms with Crippen molar-refractivity contribution in [2.45, 2.75) is 20.3 Å². The van der Waals surface area contributed by atoms with Crippen LogP contribution in [0.4, 0.5) is 0 Å². The fourth-order valence-electron chi connectivity index (χ4n) is 0.638. The Morgan fingerprint density at radius 1 is 1.55 bits per heavy atom. The summed E-state index contributed by atoms with van der Waals surface area (Å²) >= 11 is 0. The first-order valence-corrected chi connectivity index (χ1v) is 3.91. The Labute approximate surface area is 69.3 Å². The average Bonchev–Trinajstić information content (AvgIpc) is 1.97. The highest BCUT2D eigenvalue weighted by Crippen LogP contribution is 1.97. The van der Waals surface area contributed by atoms with Gasteiger partial charge in [-0.05, 0) is 18.4 Å². The molecule has 0 spiro atoms. The third-order valence-electron chi connectivity index (χ3n) is 1.25. The van der Waals surface area contributed by atoms with E-state index in [2.05, 4.69) is 32.6 Å². The lowest BCUT2D eigenvalue weighted by Crippen LogP contribution is -1.90. The van der Waals surface area contributed by atoms with Crippen molar-refractivity contribution in [3.05, 3.63) is 36.6 Å². The van der Waals surface area contributed by atoms with Crippen LogP contribution in [-0.2, 0) is 0 Å². The van der Waals surface area contributed by atoms with Crippen molar-refractivity contribution < 1.29 is 0 Å². The third kappa shape index (κ3) is 6.91. The summed E-state index contributed by atoms with van der Waals surface area (Å²) in [5.74, 6) is 0.619. The standard InChI is InChI=1S/C10H17N/c1-4-10(11)8-6-5-7-9(2)3/h4-5,7-9H,1,6,11H2,2-3H3/b7-5?,10-8+. The van der Waals surface area contributed by atoms with Crippen LogP contribution >= 0.6 is 0 Å². The van der Waals surface area contributed by atoms with Crippen LogP contribution in [0.5, 0.6) is 0 Å². The van der Waals surface area contributed by atoms with E-state index in [1.807, 2.05) is 6.08 Å². The summed E-state index contributed by atoms with van der Waals surface area (Å²) in [5, 5.41) is 0. The van der Waals surface area contributed by atoms with Crippen LogP contribution in [0.15, 0.2) is 36.6 Å². The number of rotatable bonds is 4. The quantitative estimate of drug-likeness (QED) is 0.485. The molecule has 0 saturated heterocycles. The predicted molar refractivity (Wildman–Crippen MR) is 51.1 cm³/mol. The van der Waals surface area contributed by atoms with Crippen LogP contribution in [0, 0.1) is 5.92 Å². The lowest BCUT2D eigenvalue weighted by Gasteiger charge is -1.92. The van der Waals surface area contributed by atoms with Gasteiger partial charge in [0.1, 0.15) is 0 Å². The van der Waals surface area contributed by atoms with E-state index in [-0.39, 0.29) is 0 Å². The maximum Gasteiger partial charge on any atom is 0.0270 e. The number of hydrogen-bond donors (Lipinski definition) is 1. The van der Waals surface area contributed by atoms with Crippen molar-refractivity contribution >= 4 is 0 Å². The van der Waals surface area contributed by atoms with Crippen LogP contribution in [0.1, 0.15) is 20.3 Å². The van der Waals surface area contributed by atoms with E-state index in [4.69, 9.17) is 5.73 Å². The van der Waals surface area contributed by atoms with Gasteiger partial charge in [0, 0.05) is 5.70 Å². The number of allylic oxidation sites excluding steroid dienone is 4. The highest BCUT2D eigenvalue weighted by atomic mass is 14.5. The Bertz CT molecular complexity index is 164. The fourth-order valence-corrected chi connectivity index (χ4v) is 0.638. The van der Waals surface area contributed by atoms with E-state index in [1.165, 1.54) is 0 Å². The molecule has 0 radical (unpaired) electrons. The molecule has 0 aromatic heterocycles. The van der Waals surface area contributed by atoms with Crippen molar-refractivity contribution in [3.8, 4) is 0 Å². The fraction of sp³-hybridized carbons (Fsp3) is 0.400. The molecular weight excluding hydrogens is 134 g/mol. The SMILES string of the molecule is C=C/C(N)=C\CC=CC(C)C. The molecule has 0 fully saturated rings. The molecule has 0 saturated carbocycles. The topological polar surface area (TPSA) is 26.0 Å². The summed E-state index contributed by atoms with van der Waals surface area (Å²) in [5.41, 5.74) is 6.25. The molecule has 0 aliphatic rings. The van der Waals surface area contributed by atoms with E-state index >= 15 is 0 Å². The summed E-state index contributed by atoms with van der Waals surface area (Å²) in [6.07, 6.45) is 8.78. The lowest BCUT2D eigenvalue weighted by molar-refractivity contribution is 0.828. The molecule has 0 amide bonds.